The van der Waals surface area contributed by atoms with E-state index < -0.39 is 27.1 Å². The minimum absolute atomic E-state index is 0.0554. The molecule has 1 saturated heterocycles. The lowest BCUT2D eigenvalue weighted by molar-refractivity contribution is -0.250. The molecular formula is C53H90N2O10S. The zero-order valence-corrected chi connectivity index (χ0v) is 43.5. The van der Waals surface area contributed by atoms with Crippen molar-refractivity contribution in [3.05, 3.63) is 0 Å². The Morgan fingerprint density at radius 1 is 0.712 bits per heavy atom. The van der Waals surface area contributed by atoms with E-state index in [2.05, 4.69) is 58.7 Å². The molecule has 0 aromatic heterocycles. The van der Waals surface area contributed by atoms with Crippen LogP contribution in [0.3, 0.4) is 0 Å². The van der Waals surface area contributed by atoms with Crippen molar-refractivity contribution in [2.45, 2.75) is 170 Å². The Hall–Kier alpha value is -1.35. The summed E-state index contributed by atoms with van der Waals surface area (Å²) in [6.07, 6.45) is 14.5. The maximum Gasteiger partial charge on any atom is 0.309 e. The quantitative estimate of drug-likeness (QED) is 0.0953. The van der Waals surface area contributed by atoms with Crippen LogP contribution in [0.5, 0.6) is 0 Å². The molecule has 0 amide bonds. The highest BCUT2D eigenvalue weighted by Crippen LogP contribution is 2.78. The number of esters is 1. The van der Waals surface area contributed by atoms with Crippen molar-refractivity contribution in [3.8, 4) is 0 Å². The van der Waals surface area contributed by atoms with E-state index in [0.29, 0.717) is 94.2 Å². The van der Waals surface area contributed by atoms with Crippen molar-refractivity contribution < 1.29 is 46.8 Å². The summed E-state index contributed by atoms with van der Waals surface area (Å²) in [7, 11) is -1.36. The number of carbonyl (C=O) groups excluding carboxylic acids is 1. The normalized spacial score (nSPS) is 42.6. The number of sulfone groups is 1. The Morgan fingerprint density at radius 3 is 2.02 bits per heavy atom. The first-order valence-corrected chi connectivity index (χ1v) is 28.2. The van der Waals surface area contributed by atoms with Gasteiger partial charge in [0.2, 0.25) is 0 Å². The number of fused-ring (bicyclic) bond motifs is 7. The van der Waals surface area contributed by atoms with Gasteiger partial charge in [-0.3, -0.25) is 14.5 Å². The van der Waals surface area contributed by atoms with Gasteiger partial charge < -0.3 is 34.1 Å². The van der Waals surface area contributed by atoms with E-state index in [-0.39, 0.29) is 68.8 Å². The van der Waals surface area contributed by atoms with E-state index in [0.717, 1.165) is 25.8 Å². The number of carboxylic acid groups (broad SMARTS) is 1. The number of hydrogen-bond acceptors (Lipinski definition) is 11. The number of hydrogen-bond donors (Lipinski definition) is 2. The van der Waals surface area contributed by atoms with E-state index in [4.69, 9.17) is 23.7 Å². The van der Waals surface area contributed by atoms with E-state index in [1.165, 1.54) is 57.8 Å². The van der Waals surface area contributed by atoms with Crippen molar-refractivity contribution in [1.29, 1.82) is 0 Å². The Bertz CT molecular complexity index is 1860. The molecule has 1 heterocycles. The molecule has 8 fully saturated rings. The highest BCUT2D eigenvalue weighted by atomic mass is 32.2. The summed E-state index contributed by atoms with van der Waals surface area (Å²) in [5.41, 5.74) is 0.270. The summed E-state index contributed by atoms with van der Waals surface area (Å²) in [6.45, 7) is 26.4. The Balaban J connectivity index is 0.976. The first kappa shape index (κ1) is 51.0. The smallest absolute Gasteiger partial charge is 0.309 e. The molecule has 0 spiro atoms. The molecule has 1 aliphatic heterocycles. The second-order valence-corrected chi connectivity index (χ2v) is 27.7. The van der Waals surface area contributed by atoms with Crippen LogP contribution < -0.4 is 5.32 Å². The van der Waals surface area contributed by atoms with Gasteiger partial charge in [-0.2, -0.15) is 0 Å². The molecule has 7 aliphatic carbocycles. The molecule has 8 rings (SSSR count). The molecule has 0 aromatic rings. The predicted octanol–water partition coefficient (Wildman–Crippen LogP) is 8.05. The number of nitrogens with one attached hydrogen (secondary N) is 1. The minimum atomic E-state index is -3.03. The van der Waals surface area contributed by atoms with Crippen LogP contribution in [-0.2, 0) is 43.1 Å². The van der Waals surface area contributed by atoms with Crippen LogP contribution in [0.15, 0.2) is 0 Å². The molecule has 14 atom stereocenters. The maximum absolute atomic E-state index is 13.8. The lowest BCUT2D eigenvalue weighted by Gasteiger charge is -2.73. The van der Waals surface area contributed by atoms with Crippen LogP contribution in [0.4, 0.5) is 0 Å². The molecule has 0 radical (unpaired) electrons. The lowest BCUT2D eigenvalue weighted by atomic mass is 9.32. The van der Waals surface area contributed by atoms with Gasteiger partial charge in [0.1, 0.15) is 6.10 Å². The van der Waals surface area contributed by atoms with Gasteiger partial charge in [0.05, 0.1) is 69.1 Å². The van der Waals surface area contributed by atoms with Crippen molar-refractivity contribution in [2.24, 2.45) is 73.9 Å². The summed E-state index contributed by atoms with van der Waals surface area (Å²) in [4.78, 5) is 28.0. The van der Waals surface area contributed by atoms with Crippen LogP contribution in [-0.4, -0.2) is 132 Å². The van der Waals surface area contributed by atoms with Crippen LogP contribution in [0.25, 0.3) is 0 Å². The number of carbonyl (C=O) groups is 2. The molecule has 66 heavy (non-hydrogen) atoms. The van der Waals surface area contributed by atoms with Gasteiger partial charge in [-0.15, -0.1) is 0 Å². The molecule has 13 heteroatoms. The fraction of sp³-hybridized carbons (Fsp3) is 0.962. The summed E-state index contributed by atoms with van der Waals surface area (Å²) < 4.78 is 54.8. The molecule has 0 unspecified atom stereocenters. The monoisotopic (exact) mass is 947 g/mol. The fourth-order valence-electron chi connectivity index (χ4n) is 17.2. The summed E-state index contributed by atoms with van der Waals surface area (Å²) in [5, 5.41) is 14.2. The SMILES string of the molecule is COCCOCCOCCO[C@H](C)[C@@H](CN[C@]12CC[C@@H](C3(C)CC3)[C@@H]1[C@H]1CC[C@@H]3[C@@]4(C)CC[C@H](OC(=O)[C@H]5C[C@@H](C(=O)O)C5(C)C)C(C)(C)[C@@H]4CC[C@@]3(C)[C@]1(C)CC2)N1CCS(=O)(=O)CC1. The summed E-state index contributed by atoms with van der Waals surface area (Å²) in [5.74, 6) is 1.53. The second kappa shape index (κ2) is 18.7. The zero-order chi connectivity index (χ0) is 47.7. The average Bonchev–Trinajstić information content (AvgIpc) is 3.87. The number of aliphatic carboxylic acids is 1. The highest BCUT2D eigenvalue weighted by molar-refractivity contribution is 7.91. The van der Waals surface area contributed by atoms with Gasteiger partial charge in [-0.05, 0) is 147 Å². The third-order valence-corrected chi connectivity index (χ3v) is 23.5. The summed E-state index contributed by atoms with van der Waals surface area (Å²) >= 11 is 0. The molecule has 2 N–H and O–H groups in total. The lowest BCUT2D eigenvalue weighted by Crippen LogP contribution is -2.69. The molecular weight excluding hydrogens is 857 g/mol. The number of nitrogens with zero attached hydrogens (tertiary/aromatic N) is 1. The van der Waals surface area contributed by atoms with Gasteiger partial charge in [-0.1, -0.05) is 55.4 Å². The van der Waals surface area contributed by atoms with Gasteiger partial charge in [-0.25, -0.2) is 8.42 Å². The van der Waals surface area contributed by atoms with E-state index in [1.807, 2.05) is 13.8 Å². The topological polar surface area (TPSA) is 150 Å². The Labute approximate surface area is 398 Å². The number of rotatable bonds is 19. The Morgan fingerprint density at radius 2 is 1.38 bits per heavy atom. The maximum atomic E-state index is 13.8. The van der Waals surface area contributed by atoms with E-state index >= 15 is 0 Å². The average molecular weight is 947 g/mol. The number of carboxylic acids is 1. The number of methoxy groups -OCH3 is 1. The zero-order valence-electron chi connectivity index (χ0n) is 42.7. The summed E-state index contributed by atoms with van der Waals surface area (Å²) in [6, 6.07) is 0.0554. The molecule has 0 bridgehead atoms. The van der Waals surface area contributed by atoms with Gasteiger partial charge >= 0.3 is 11.9 Å². The van der Waals surface area contributed by atoms with Crippen LogP contribution in [0.1, 0.15) is 146 Å². The van der Waals surface area contributed by atoms with Crippen molar-refractivity contribution >= 4 is 21.8 Å². The van der Waals surface area contributed by atoms with Crippen molar-refractivity contribution in [2.75, 3.05) is 77.9 Å². The minimum Gasteiger partial charge on any atom is -0.481 e. The predicted molar refractivity (Wildman–Crippen MR) is 256 cm³/mol. The van der Waals surface area contributed by atoms with Crippen molar-refractivity contribution in [1.82, 2.24) is 10.2 Å². The standard InChI is InChI=1S/C53H90N2O10S/c1-35(64-30-29-63-28-27-62-26-25-61-10)40(55-23-31-66(59,60)32-24-55)34-54-53-18-13-36(49(6)19-20-49)44(53)37-11-12-42-50(7)16-15-43(65-46(58)39-33-38(45(56)57)47(39,2)3)48(4,5)41(50)14-17-52(42,9)51(37,8)21-22-53/h35-44,54H,11-34H2,1-10H3,(H,56,57)/t35-,36-,37-,38+,39-,40-,41+,42-,43+,44-,50+,51-,52-,53+/m1/s1. The van der Waals surface area contributed by atoms with Gasteiger partial charge in [0.15, 0.2) is 9.84 Å². The molecule has 12 nitrogen and oxygen atoms in total. The first-order chi connectivity index (χ1) is 31.0. The fourth-order valence-corrected chi connectivity index (χ4v) is 18.5. The molecule has 378 valence electrons. The second-order valence-electron chi connectivity index (χ2n) is 25.4. The van der Waals surface area contributed by atoms with E-state index in [9.17, 15) is 23.1 Å². The third kappa shape index (κ3) is 8.89. The van der Waals surface area contributed by atoms with Gasteiger partial charge in [0, 0.05) is 43.7 Å². The van der Waals surface area contributed by atoms with Crippen LogP contribution >= 0.6 is 0 Å². The first-order valence-electron chi connectivity index (χ1n) is 26.4. The largest absolute Gasteiger partial charge is 0.481 e. The highest BCUT2D eigenvalue weighted by Gasteiger charge is 2.72. The Kier molecular flexibility index (Phi) is 14.4. The van der Waals surface area contributed by atoms with Crippen LogP contribution in [0, 0.1) is 73.9 Å². The van der Waals surface area contributed by atoms with Crippen molar-refractivity contribution in [3.63, 3.8) is 0 Å². The molecule has 0 aromatic carbocycles. The van der Waals surface area contributed by atoms with Gasteiger partial charge in [0.25, 0.3) is 0 Å². The van der Waals surface area contributed by atoms with E-state index in [1.54, 1.807) is 7.11 Å². The third-order valence-electron chi connectivity index (χ3n) is 21.9. The molecule has 8 aliphatic rings. The number of ether oxygens (including phenoxy) is 5. The molecule has 7 saturated carbocycles. The van der Waals surface area contributed by atoms with Crippen LogP contribution in [0.2, 0.25) is 0 Å².